The molecule has 3 aliphatic rings. The van der Waals surface area contributed by atoms with Gasteiger partial charge in [0, 0.05) is 109 Å². The molecule has 6 aromatic carbocycles. The molecule has 1 fully saturated rings. The Labute approximate surface area is 840 Å². The number of aromatic nitrogens is 5. The van der Waals surface area contributed by atoms with E-state index in [1.807, 2.05) is 178 Å². The molecule has 6 N–H and O–H groups in total. The minimum absolute atomic E-state index is 0.0220. The highest BCUT2D eigenvalue weighted by atomic mass is 32.1. The van der Waals surface area contributed by atoms with Crippen LogP contribution in [0, 0.1) is 0 Å². The molecule has 7 heterocycles. The standard InChI is InChI=1S/C15H18N2O2S.C14H19NO2.C13H19NO.C13H18O2.C13H18O.C12H17N.C11H15NO.C10H15NO.C9H13NO.C8H11NO/c1-10(2)13-8-16-15(20-13)14(19)17-12(9-18)11-6-4-3-5-7-11;1-11(2)12-3-5-13(6-4-12)14(16)15-7-9-17-10-8-15;1-5-12(15)14-11-8-6-10(7-9-11)13(2,3)4;1-13(2,3)10-5-6-11-12(9-10)15-8-4-7-14-11;1-5-12(14)10-6-8-11(9-7-10)13(2,3)4;1-9(2)11-7-10-5-3-4-6-12(10)13-8-11;1-8(2)10-5-3-9(4-6-10)7-11(12)13;1-4-11-6-5-9(8(2)3)7-10(11)12;1-7(2)8-4-9(11-3)6-10-5-8;1-6(2)7-3-4-9-8(10)5-7/h3-8,10,12,18H,9H2,1-2H3,(H,17,19);3-6,11H,7-10H2,1-2H3;6-9H,5H2,1-4H3,(H,14,15);5-6,9H,4,7-8H2,1-3H3;6-9H,5H2,1-4H3;7-9H,3-6H2,1-2H3;3-6,8H,7H2,1-2H3,(H2,12,13);5-8H,4H2,1-3H3;4-7H,1-3H3;3-6H,1-2H3,(H,9,10). The van der Waals surface area contributed by atoms with Crippen LogP contribution in [0.2, 0.25) is 0 Å². The molecule has 11 aromatic rings. The lowest BCUT2D eigenvalue weighted by Gasteiger charge is -2.26. The van der Waals surface area contributed by atoms with Crippen molar-refractivity contribution in [3.8, 4) is 17.2 Å². The van der Waals surface area contributed by atoms with E-state index in [2.05, 4.69) is 226 Å². The molecule has 2 aliphatic heterocycles. The van der Waals surface area contributed by atoms with Crippen LogP contribution in [-0.2, 0) is 56.4 Å². The van der Waals surface area contributed by atoms with Gasteiger partial charge in [-0.15, -0.1) is 11.3 Å². The Bertz CT molecular complexity index is 5640. The molecule has 1 aliphatic carbocycles. The van der Waals surface area contributed by atoms with Gasteiger partial charge in [0.1, 0.15) is 5.75 Å². The zero-order valence-electron chi connectivity index (χ0n) is 88.9. The highest BCUT2D eigenvalue weighted by Crippen LogP contribution is 2.36. The average Bonchev–Trinajstić information content (AvgIpc) is 1.36. The quantitative estimate of drug-likeness (QED) is 0.0443. The number of hydrogen-bond donors (Lipinski definition) is 5. The molecule has 0 radical (unpaired) electrons. The molecule has 0 spiro atoms. The largest absolute Gasteiger partial charge is 0.495 e. The summed E-state index contributed by atoms with van der Waals surface area (Å²) < 4.78 is 23.2. The molecular weight excluding hydrogens is 1770 g/mol. The second-order valence-electron chi connectivity index (χ2n) is 40.3. The van der Waals surface area contributed by atoms with Crippen LogP contribution in [0.3, 0.4) is 0 Å². The van der Waals surface area contributed by atoms with Gasteiger partial charge >= 0.3 is 0 Å². The molecule has 0 bridgehead atoms. The van der Waals surface area contributed by atoms with Crippen molar-refractivity contribution in [2.75, 3.05) is 58.6 Å². The van der Waals surface area contributed by atoms with Crippen molar-refractivity contribution in [1.29, 1.82) is 0 Å². The first-order chi connectivity index (χ1) is 66.2. The van der Waals surface area contributed by atoms with E-state index in [0.717, 1.165) is 87.4 Å². The van der Waals surface area contributed by atoms with Crippen molar-refractivity contribution in [3.05, 3.63) is 333 Å². The predicted molar refractivity (Wildman–Crippen MR) is 577 cm³/mol. The molecule has 14 rings (SSSR count). The van der Waals surface area contributed by atoms with Crippen molar-refractivity contribution in [2.24, 2.45) is 5.73 Å². The number of H-pyrrole nitrogens is 1. The molecule has 22 heteroatoms. The fourth-order valence-corrected chi connectivity index (χ4v) is 14.8. The summed E-state index contributed by atoms with van der Waals surface area (Å²) in [5, 5.41) is 15.5. The van der Waals surface area contributed by atoms with Gasteiger partial charge in [-0.05, 0) is 212 Å². The van der Waals surface area contributed by atoms with Crippen molar-refractivity contribution < 1.29 is 48.0 Å². The average molecular weight is 1930 g/mol. The number of ketones is 1. The number of pyridine rings is 4. The van der Waals surface area contributed by atoms with Crippen LogP contribution in [0.15, 0.2) is 229 Å². The summed E-state index contributed by atoms with van der Waals surface area (Å²) in [5.74, 6) is 5.83. The van der Waals surface area contributed by atoms with Gasteiger partial charge in [0.25, 0.3) is 17.4 Å². The molecule has 140 heavy (non-hydrogen) atoms. The maximum Gasteiger partial charge on any atom is 0.280 e. The number of aliphatic hydroxyl groups is 1. The van der Waals surface area contributed by atoms with Crippen LogP contribution in [0.4, 0.5) is 5.69 Å². The molecule has 0 saturated carbocycles. The summed E-state index contributed by atoms with van der Waals surface area (Å²) in [6, 6.07) is 58.8. The Morgan fingerprint density at radius 2 is 1.04 bits per heavy atom. The lowest BCUT2D eigenvalue weighted by atomic mass is 9.86. The van der Waals surface area contributed by atoms with Gasteiger partial charge in [-0.1, -0.05) is 288 Å². The predicted octanol–water partition coefficient (Wildman–Crippen LogP) is 25.7. The Morgan fingerprint density at radius 3 is 1.54 bits per heavy atom. The fraction of sp³-hybridized carbons (Fsp3) is 0.458. The van der Waals surface area contributed by atoms with Crippen molar-refractivity contribution in [1.82, 2.24) is 34.7 Å². The van der Waals surface area contributed by atoms with Crippen LogP contribution in [0.25, 0.3) is 0 Å². The second-order valence-corrected chi connectivity index (χ2v) is 41.3. The van der Waals surface area contributed by atoms with Gasteiger partial charge in [-0.25, -0.2) is 4.98 Å². The number of methoxy groups -OCH3 is 1. The third kappa shape index (κ3) is 42.6. The number of aromatic amines is 1. The van der Waals surface area contributed by atoms with Crippen LogP contribution in [-0.4, -0.2) is 117 Å². The number of anilines is 1. The normalized spacial score (nSPS) is 12.7. The maximum atomic E-state index is 12.2. The number of nitrogens with one attached hydrogen (secondary N) is 3. The van der Waals surface area contributed by atoms with Gasteiger partial charge in [0.2, 0.25) is 17.4 Å². The number of fused-ring (bicyclic) bond motifs is 2. The first kappa shape index (κ1) is 119. The smallest absolute Gasteiger partial charge is 0.280 e. The summed E-state index contributed by atoms with van der Waals surface area (Å²) in [7, 11) is 1.65. The van der Waals surface area contributed by atoms with E-state index in [4.69, 9.17) is 24.7 Å². The molecule has 1 atom stereocenters. The number of carbonyl (C=O) groups excluding carboxylic acids is 5. The molecular formula is C118H163N9O12S. The number of nitrogens with two attached hydrogens (primary N) is 1. The summed E-state index contributed by atoms with van der Waals surface area (Å²) in [6.07, 6.45) is 18.4. The molecule has 5 aromatic heterocycles. The van der Waals surface area contributed by atoms with E-state index in [1.165, 1.54) is 87.2 Å². The van der Waals surface area contributed by atoms with Gasteiger partial charge in [0.15, 0.2) is 22.3 Å². The second kappa shape index (κ2) is 60.2. The van der Waals surface area contributed by atoms with Crippen molar-refractivity contribution >= 4 is 46.4 Å². The molecule has 1 unspecified atom stereocenters. The van der Waals surface area contributed by atoms with Crippen molar-refractivity contribution in [2.45, 2.75) is 302 Å². The summed E-state index contributed by atoms with van der Waals surface area (Å²) in [5.41, 5.74) is 24.0. The van der Waals surface area contributed by atoms with Gasteiger partial charge in [0.05, 0.1) is 58.8 Å². The molecule has 1 saturated heterocycles. The zero-order valence-corrected chi connectivity index (χ0v) is 89.7. The number of hydrogen-bond acceptors (Lipinski definition) is 16. The number of ether oxygens (including phenoxy) is 4. The third-order valence-electron chi connectivity index (χ3n) is 23.5. The summed E-state index contributed by atoms with van der Waals surface area (Å²) >= 11 is 1.39. The number of thiazole rings is 1. The Morgan fingerprint density at radius 1 is 0.514 bits per heavy atom. The van der Waals surface area contributed by atoms with Crippen LogP contribution in [0.5, 0.6) is 17.2 Å². The van der Waals surface area contributed by atoms with E-state index >= 15 is 0 Å². The lowest BCUT2D eigenvalue weighted by Crippen LogP contribution is -2.40. The zero-order chi connectivity index (χ0) is 104. The number of aliphatic hydroxyl groups excluding tert-OH is 1. The molecule has 758 valence electrons. The highest BCUT2D eigenvalue weighted by Gasteiger charge is 2.23. The van der Waals surface area contributed by atoms with E-state index in [0.29, 0.717) is 92.0 Å². The maximum absolute atomic E-state index is 12.2. The first-order valence-corrected chi connectivity index (χ1v) is 50.6. The Balaban J connectivity index is 0.000000276. The van der Waals surface area contributed by atoms with E-state index < -0.39 is 6.04 Å². The van der Waals surface area contributed by atoms with Gasteiger partial charge in [-0.3, -0.25) is 43.5 Å². The SMILES string of the molecule is CC(C)(C)c1ccc2c(c1)OCCCO2.CC(C)c1cc[nH]c(=O)c1.CC(C)c1ccc(C(=O)N2CCOCC2)cc1.CC(C)c1ccc(CC(N)=O)cc1.CC(C)c1cnc(C(=O)NC(CO)c2ccccc2)s1.CC(C)c1cnc2c(c1)CCCC2.CCC(=O)Nc1ccc(C(C)(C)C)cc1.CCC(=O)c1ccc(C(C)(C)C)cc1.CCn1ccc(C(C)C)cc1=O.COc1cncc(C(C)C)c1. The lowest BCUT2D eigenvalue weighted by molar-refractivity contribution is -0.117. The van der Waals surface area contributed by atoms with Crippen LogP contribution in [0.1, 0.15) is 367 Å². The first-order valence-electron chi connectivity index (χ1n) is 49.8. The van der Waals surface area contributed by atoms with Crippen LogP contribution >= 0.6 is 11.3 Å². The number of morpholine rings is 1. The van der Waals surface area contributed by atoms with E-state index in [9.17, 15) is 38.7 Å². The number of benzene rings is 6. The number of aryl methyl sites for hydroxylation is 3. The van der Waals surface area contributed by atoms with Crippen molar-refractivity contribution in [3.63, 3.8) is 0 Å². The number of primary amides is 1. The monoisotopic (exact) mass is 1930 g/mol. The topological polar surface area (TPSA) is 289 Å². The van der Waals surface area contributed by atoms with Gasteiger partial charge in [-0.2, -0.15) is 0 Å². The summed E-state index contributed by atoms with van der Waals surface area (Å²) in [6.45, 7) is 59.9. The molecule has 21 nitrogen and oxygen atoms in total. The minimum atomic E-state index is -0.407. The van der Waals surface area contributed by atoms with E-state index in [1.54, 1.807) is 42.4 Å². The number of carbonyl (C=O) groups is 5. The van der Waals surface area contributed by atoms with E-state index in [-0.39, 0.29) is 63.4 Å². The Hall–Kier alpha value is -12.0. The number of amides is 4. The van der Waals surface area contributed by atoms with Gasteiger partial charge < -0.3 is 54.9 Å². The highest BCUT2D eigenvalue weighted by molar-refractivity contribution is 7.13. The number of nitrogens with zero attached hydrogens (tertiary/aromatic N) is 5. The number of Topliss-reactive ketones (excluding diaryl/α,β-unsaturated/α-hetero) is 1. The molecule has 4 amide bonds. The third-order valence-corrected chi connectivity index (χ3v) is 24.8. The summed E-state index contributed by atoms with van der Waals surface area (Å²) in [4.78, 5) is 97.8. The van der Waals surface area contributed by atoms with Crippen LogP contribution < -0.4 is 41.7 Å². The fourth-order valence-electron chi connectivity index (χ4n) is 14.0. The number of rotatable bonds is 20. The Kier molecular flexibility index (Phi) is 51.0. The minimum Gasteiger partial charge on any atom is -0.495 e.